The molecule has 102 valence electrons. The Morgan fingerprint density at radius 1 is 1.17 bits per heavy atom. The number of likely N-dealkylation sites (N-methyl/N-ethyl adjacent to an activating group) is 1. The molecule has 0 spiro atoms. The van der Waals surface area contributed by atoms with Crippen LogP contribution in [0.15, 0.2) is 16.5 Å². The standard InChI is InChI=1S/C14H25N3O/c1-3-13-4-5-14(18-13)12-15-6-7-17-10-8-16(2)9-11-17/h4-5,15H,3,6-12H2,1-2H3. The lowest BCUT2D eigenvalue weighted by Crippen LogP contribution is -2.46. The Bertz CT molecular complexity index is 343. The first-order valence-corrected chi connectivity index (χ1v) is 6.97. The molecule has 4 nitrogen and oxygen atoms in total. The van der Waals surface area contributed by atoms with E-state index in [4.69, 9.17) is 4.42 Å². The van der Waals surface area contributed by atoms with Crippen molar-refractivity contribution in [1.29, 1.82) is 0 Å². The fraction of sp³-hybridized carbons (Fsp3) is 0.714. The predicted octanol–water partition coefficient (Wildman–Crippen LogP) is 1.18. The molecule has 1 saturated heterocycles. The van der Waals surface area contributed by atoms with Gasteiger partial charge in [0.25, 0.3) is 0 Å². The van der Waals surface area contributed by atoms with Crippen LogP contribution in [0.1, 0.15) is 18.4 Å². The molecule has 0 atom stereocenters. The number of piperazine rings is 1. The summed E-state index contributed by atoms with van der Waals surface area (Å²) < 4.78 is 5.66. The first-order chi connectivity index (χ1) is 8.78. The fourth-order valence-corrected chi connectivity index (χ4v) is 2.23. The van der Waals surface area contributed by atoms with Crippen molar-refractivity contribution in [2.24, 2.45) is 0 Å². The third-order valence-corrected chi connectivity index (χ3v) is 3.57. The van der Waals surface area contributed by atoms with Crippen LogP contribution in [0.5, 0.6) is 0 Å². The molecule has 0 radical (unpaired) electrons. The fourth-order valence-electron chi connectivity index (χ4n) is 2.23. The normalized spacial score (nSPS) is 18.3. The summed E-state index contributed by atoms with van der Waals surface area (Å²) in [6.07, 6.45) is 0.974. The average Bonchev–Trinajstić information content (AvgIpc) is 2.85. The Hall–Kier alpha value is -0.840. The van der Waals surface area contributed by atoms with Crippen molar-refractivity contribution in [3.05, 3.63) is 23.7 Å². The van der Waals surface area contributed by atoms with Crippen molar-refractivity contribution in [1.82, 2.24) is 15.1 Å². The summed E-state index contributed by atoms with van der Waals surface area (Å²) in [5.74, 6) is 2.12. The van der Waals surface area contributed by atoms with E-state index < -0.39 is 0 Å². The maximum Gasteiger partial charge on any atom is 0.117 e. The summed E-state index contributed by atoms with van der Waals surface area (Å²) in [5.41, 5.74) is 0. The van der Waals surface area contributed by atoms with Crippen LogP contribution in [0.4, 0.5) is 0 Å². The monoisotopic (exact) mass is 251 g/mol. The van der Waals surface area contributed by atoms with E-state index in [0.717, 1.165) is 37.6 Å². The van der Waals surface area contributed by atoms with Gasteiger partial charge in [0.05, 0.1) is 6.54 Å². The molecule has 0 amide bonds. The number of rotatable bonds is 6. The number of aryl methyl sites for hydroxylation is 1. The largest absolute Gasteiger partial charge is 0.465 e. The van der Waals surface area contributed by atoms with E-state index in [9.17, 15) is 0 Å². The van der Waals surface area contributed by atoms with Crippen molar-refractivity contribution in [2.75, 3.05) is 46.3 Å². The van der Waals surface area contributed by atoms with Gasteiger partial charge in [0, 0.05) is 45.7 Å². The van der Waals surface area contributed by atoms with Gasteiger partial charge in [-0.2, -0.15) is 0 Å². The highest BCUT2D eigenvalue weighted by molar-refractivity contribution is 5.06. The molecule has 1 aromatic rings. The van der Waals surface area contributed by atoms with E-state index in [-0.39, 0.29) is 0 Å². The Kier molecular flexibility index (Phi) is 5.23. The van der Waals surface area contributed by atoms with Crippen LogP contribution in [0.2, 0.25) is 0 Å². The summed E-state index contributed by atoms with van der Waals surface area (Å²) in [6, 6.07) is 4.14. The van der Waals surface area contributed by atoms with Gasteiger partial charge < -0.3 is 14.6 Å². The second kappa shape index (κ2) is 6.92. The third kappa shape index (κ3) is 4.12. The molecule has 2 heterocycles. The lowest BCUT2D eigenvalue weighted by Gasteiger charge is -2.32. The number of hydrogen-bond acceptors (Lipinski definition) is 4. The molecule has 1 N–H and O–H groups in total. The summed E-state index contributed by atoms with van der Waals surface area (Å²) in [6.45, 7) is 9.89. The van der Waals surface area contributed by atoms with Gasteiger partial charge in [0.15, 0.2) is 0 Å². The number of furan rings is 1. The zero-order valence-corrected chi connectivity index (χ0v) is 11.6. The molecule has 0 aromatic carbocycles. The lowest BCUT2D eigenvalue weighted by molar-refractivity contribution is 0.154. The maximum absolute atomic E-state index is 5.66. The van der Waals surface area contributed by atoms with E-state index >= 15 is 0 Å². The van der Waals surface area contributed by atoms with Crippen LogP contribution < -0.4 is 5.32 Å². The molecule has 1 aliphatic heterocycles. The molecule has 4 heteroatoms. The van der Waals surface area contributed by atoms with Crippen LogP contribution in [-0.2, 0) is 13.0 Å². The summed E-state index contributed by atoms with van der Waals surface area (Å²) in [7, 11) is 2.19. The molecule has 1 fully saturated rings. The SMILES string of the molecule is CCc1ccc(CNCCN2CCN(C)CC2)o1. The van der Waals surface area contributed by atoms with E-state index in [1.807, 2.05) is 0 Å². The first-order valence-electron chi connectivity index (χ1n) is 6.97. The van der Waals surface area contributed by atoms with Crippen molar-refractivity contribution in [3.8, 4) is 0 Å². The van der Waals surface area contributed by atoms with Crippen molar-refractivity contribution in [2.45, 2.75) is 19.9 Å². The van der Waals surface area contributed by atoms with Crippen molar-refractivity contribution < 1.29 is 4.42 Å². The molecular weight excluding hydrogens is 226 g/mol. The number of nitrogens with one attached hydrogen (secondary N) is 1. The van der Waals surface area contributed by atoms with Crippen LogP contribution >= 0.6 is 0 Å². The summed E-state index contributed by atoms with van der Waals surface area (Å²) >= 11 is 0. The quantitative estimate of drug-likeness (QED) is 0.769. The van der Waals surface area contributed by atoms with Crippen molar-refractivity contribution in [3.63, 3.8) is 0 Å². The molecule has 0 unspecified atom stereocenters. The molecule has 1 aromatic heterocycles. The zero-order valence-electron chi connectivity index (χ0n) is 11.6. The number of nitrogens with zero attached hydrogens (tertiary/aromatic N) is 2. The topological polar surface area (TPSA) is 31.6 Å². The van der Waals surface area contributed by atoms with Gasteiger partial charge in [-0.25, -0.2) is 0 Å². The first kappa shape index (κ1) is 13.6. The smallest absolute Gasteiger partial charge is 0.117 e. The van der Waals surface area contributed by atoms with Crippen LogP contribution in [-0.4, -0.2) is 56.1 Å². The summed E-state index contributed by atoms with van der Waals surface area (Å²) in [5, 5.41) is 3.45. The molecule has 0 aliphatic carbocycles. The molecule has 1 aliphatic rings. The molecule has 2 rings (SSSR count). The van der Waals surface area contributed by atoms with E-state index in [2.05, 4.69) is 41.2 Å². The average molecular weight is 251 g/mol. The third-order valence-electron chi connectivity index (χ3n) is 3.57. The highest BCUT2D eigenvalue weighted by atomic mass is 16.3. The van der Waals surface area contributed by atoms with Gasteiger partial charge >= 0.3 is 0 Å². The molecule has 18 heavy (non-hydrogen) atoms. The van der Waals surface area contributed by atoms with E-state index in [1.165, 1.54) is 26.2 Å². The predicted molar refractivity (Wildman–Crippen MR) is 73.7 cm³/mol. The van der Waals surface area contributed by atoms with Gasteiger partial charge in [0.1, 0.15) is 11.5 Å². The highest BCUT2D eigenvalue weighted by Crippen LogP contribution is 2.07. The Balaban J connectivity index is 1.58. The number of hydrogen-bond donors (Lipinski definition) is 1. The van der Waals surface area contributed by atoms with E-state index in [0.29, 0.717) is 0 Å². The lowest BCUT2D eigenvalue weighted by atomic mass is 10.3. The Morgan fingerprint density at radius 2 is 1.89 bits per heavy atom. The van der Waals surface area contributed by atoms with Crippen LogP contribution in [0.3, 0.4) is 0 Å². The second-order valence-corrected chi connectivity index (χ2v) is 5.04. The molecular formula is C14H25N3O. The minimum absolute atomic E-state index is 0.841. The van der Waals surface area contributed by atoms with E-state index in [1.54, 1.807) is 0 Å². The Labute approximate surface area is 110 Å². The minimum atomic E-state index is 0.841. The highest BCUT2D eigenvalue weighted by Gasteiger charge is 2.12. The zero-order chi connectivity index (χ0) is 12.8. The van der Waals surface area contributed by atoms with Crippen LogP contribution in [0, 0.1) is 0 Å². The maximum atomic E-state index is 5.66. The molecule has 0 bridgehead atoms. The van der Waals surface area contributed by atoms with Crippen molar-refractivity contribution >= 4 is 0 Å². The van der Waals surface area contributed by atoms with Gasteiger partial charge in [-0.1, -0.05) is 6.92 Å². The van der Waals surface area contributed by atoms with Crippen LogP contribution in [0.25, 0.3) is 0 Å². The van der Waals surface area contributed by atoms with Gasteiger partial charge in [-0.15, -0.1) is 0 Å². The molecule has 0 saturated carbocycles. The van der Waals surface area contributed by atoms with Gasteiger partial charge in [0.2, 0.25) is 0 Å². The summed E-state index contributed by atoms with van der Waals surface area (Å²) in [4.78, 5) is 4.91. The minimum Gasteiger partial charge on any atom is -0.465 e. The van der Waals surface area contributed by atoms with Gasteiger partial charge in [-0.3, -0.25) is 4.90 Å². The van der Waals surface area contributed by atoms with Gasteiger partial charge in [-0.05, 0) is 19.2 Å². The Morgan fingerprint density at radius 3 is 2.56 bits per heavy atom. The second-order valence-electron chi connectivity index (χ2n) is 5.04.